The summed E-state index contributed by atoms with van der Waals surface area (Å²) in [4.78, 5) is 40.1. The number of hydrogen-bond acceptors (Lipinski definition) is 6. The molecule has 15 heavy (non-hydrogen) atoms. The molecule has 0 radical (unpaired) electrons. The first-order valence-corrected chi connectivity index (χ1v) is 4.51. The van der Waals surface area contributed by atoms with E-state index in [4.69, 9.17) is 0 Å². The maximum atomic E-state index is 10.1. The predicted molar refractivity (Wildman–Crippen MR) is 51.2 cm³/mol. The Kier molecular flexibility index (Phi) is 6.60. The van der Waals surface area contributed by atoms with Crippen molar-refractivity contribution in [1.29, 1.82) is 0 Å². The molecule has 0 saturated heterocycles. The summed E-state index contributed by atoms with van der Waals surface area (Å²) in [5.74, 6) is -1.69. The summed E-state index contributed by atoms with van der Waals surface area (Å²) >= 11 is 0. The van der Waals surface area contributed by atoms with Crippen LogP contribution in [0.2, 0.25) is 0 Å². The zero-order valence-electron chi connectivity index (χ0n) is 8.39. The second-order valence-electron chi connectivity index (χ2n) is 2.84. The summed E-state index contributed by atoms with van der Waals surface area (Å²) in [7, 11) is 0. The van der Waals surface area contributed by atoms with Gasteiger partial charge in [-0.2, -0.15) is 15.0 Å². The van der Waals surface area contributed by atoms with Gasteiger partial charge in [-0.1, -0.05) is 19.8 Å². The van der Waals surface area contributed by atoms with Crippen LogP contribution < -0.4 is 0 Å². The van der Waals surface area contributed by atoms with Crippen LogP contribution in [-0.4, -0.2) is 24.0 Å². The fraction of sp³-hybridized carbons (Fsp3) is 0.667. The molecule has 0 aliphatic rings. The smallest absolute Gasteiger partial charge is 0.211 e. The zero-order chi connectivity index (χ0) is 11.6. The molecule has 0 heterocycles. The molecule has 0 rings (SSSR count). The molecule has 0 unspecified atom stereocenters. The summed E-state index contributed by atoms with van der Waals surface area (Å²) in [6, 6.07) is 0. The van der Waals surface area contributed by atoms with Crippen LogP contribution in [-0.2, 0) is 14.4 Å². The Balaban J connectivity index is 4.85. The van der Waals surface area contributed by atoms with Crippen molar-refractivity contribution >= 4 is 18.2 Å². The van der Waals surface area contributed by atoms with E-state index in [9.17, 15) is 14.4 Å². The Morgan fingerprint density at radius 3 is 1.73 bits per heavy atom. The quantitative estimate of drug-likeness (QED) is 0.359. The van der Waals surface area contributed by atoms with Crippen LogP contribution in [0.5, 0.6) is 0 Å². The standard InChI is InChI=1S/C9H11N3O3/c1-2-3-4-5-9(10-6-13,11-7-14)12-8-15/h2-5H2,1H3. The van der Waals surface area contributed by atoms with Crippen LogP contribution >= 0.6 is 0 Å². The second-order valence-corrected chi connectivity index (χ2v) is 2.84. The highest BCUT2D eigenvalue weighted by molar-refractivity contribution is 5.42. The Hall–Kier alpha value is -1.86. The molecule has 0 saturated carbocycles. The van der Waals surface area contributed by atoms with Crippen molar-refractivity contribution in [2.24, 2.45) is 15.0 Å². The van der Waals surface area contributed by atoms with E-state index in [-0.39, 0.29) is 6.42 Å². The lowest BCUT2D eigenvalue weighted by Crippen LogP contribution is -2.20. The van der Waals surface area contributed by atoms with Crippen molar-refractivity contribution in [2.75, 3.05) is 0 Å². The molecule has 0 aromatic rings. The van der Waals surface area contributed by atoms with Crippen LogP contribution in [0.1, 0.15) is 32.6 Å². The number of hydrogen-bond donors (Lipinski definition) is 0. The normalized spacial score (nSPS) is 12.6. The molecule has 80 valence electrons. The van der Waals surface area contributed by atoms with Gasteiger partial charge >= 0.3 is 0 Å². The van der Waals surface area contributed by atoms with Crippen molar-refractivity contribution in [3.05, 3.63) is 0 Å². The highest BCUT2D eigenvalue weighted by atomic mass is 16.1. The Labute approximate surface area is 86.8 Å². The van der Waals surface area contributed by atoms with Gasteiger partial charge in [0.05, 0.1) is 0 Å². The van der Waals surface area contributed by atoms with Gasteiger partial charge in [-0.05, 0) is 6.42 Å². The number of nitrogens with zero attached hydrogens (tertiary/aromatic N) is 3. The number of isocyanates is 3. The van der Waals surface area contributed by atoms with Gasteiger partial charge in [-0.3, -0.25) is 0 Å². The van der Waals surface area contributed by atoms with E-state index < -0.39 is 5.79 Å². The van der Waals surface area contributed by atoms with Crippen molar-refractivity contribution in [3.63, 3.8) is 0 Å². The number of unbranched alkanes of at least 4 members (excludes halogenated alkanes) is 2. The third kappa shape index (κ3) is 4.79. The first kappa shape index (κ1) is 13.1. The zero-order valence-corrected chi connectivity index (χ0v) is 8.39. The SMILES string of the molecule is CCCCCC(N=C=O)(N=C=O)N=C=O. The summed E-state index contributed by atoms with van der Waals surface area (Å²) < 4.78 is 0. The van der Waals surface area contributed by atoms with E-state index in [1.807, 2.05) is 6.92 Å². The van der Waals surface area contributed by atoms with Crippen LogP contribution in [0.15, 0.2) is 15.0 Å². The number of carbonyl (C=O) groups excluding carboxylic acids is 3. The summed E-state index contributed by atoms with van der Waals surface area (Å²) in [6.07, 6.45) is 6.34. The van der Waals surface area contributed by atoms with Crippen molar-refractivity contribution in [2.45, 2.75) is 38.4 Å². The average molecular weight is 209 g/mol. The van der Waals surface area contributed by atoms with Crippen LogP contribution in [0, 0.1) is 0 Å². The topological polar surface area (TPSA) is 88.3 Å². The maximum absolute atomic E-state index is 10.1. The van der Waals surface area contributed by atoms with Crippen molar-refractivity contribution in [3.8, 4) is 0 Å². The largest absolute Gasteiger partial charge is 0.277 e. The molecule has 6 heteroatoms. The molecule has 0 aromatic heterocycles. The molecular formula is C9H11N3O3. The minimum absolute atomic E-state index is 0.195. The van der Waals surface area contributed by atoms with Gasteiger partial charge < -0.3 is 0 Å². The summed E-state index contributed by atoms with van der Waals surface area (Å²) in [5, 5.41) is 0. The Morgan fingerprint density at radius 2 is 1.40 bits per heavy atom. The predicted octanol–water partition coefficient (Wildman–Crippen LogP) is 1.23. The molecule has 0 fully saturated rings. The lowest BCUT2D eigenvalue weighted by molar-refractivity contribution is 0.402. The molecule has 0 spiro atoms. The third-order valence-corrected chi connectivity index (χ3v) is 1.79. The molecule has 0 atom stereocenters. The molecule has 0 aliphatic carbocycles. The lowest BCUT2D eigenvalue weighted by atomic mass is 10.1. The van der Waals surface area contributed by atoms with Gasteiger partial charge in [-0.25, -0.2) is 14.4 Å². The van der Waals surface area contributed by atoms with Gasteiger partial charge in [0.2, 0.25) is 18.2 Å². The van der Waals surface area contributed by atoms with E-state index in [0.717, 1.165) is 12.8 Å². The number of aliphatic imine (C=N–C) groups is 3. The lowest BCUT2D eigenvalue weighted by Gasteiger charge is -2.13. The minimum atomic E-state index is -1.69. The van der Waals surface area contributed by atoms with E-state index in [1.165, 1.54) is 18.2 Å². The molecular weight excluding hydrogens is 198 g/mol. The Bertz CT molecular complexity index is 289. The van der Waals surface area contributed by atoms with E-state index >= 15 is 0 Å². The van der Waals surface area contributed by atoms with Crippen LogP contribution in [0.25, 0.3) is 0 Å². The van der Waals surface area contributed by atoms with E-state index in [0.29, 0.717) is 6.42 Å². The Morgan fingerprint density at radius 1 is 0.933 bits per heavy atom. The summed E-state index contributed by atoms with van der Waals surface area (Å²) in [5.41, 5.74) is 0. The highest BCUT2D eigenvalue weighted by Gasteiger charge is 2.27. The first-order valence-electron chi connectivity index (χ1n) is 4.51. The first-order chi connectivity index (χ1) is 7.24. The minimum Gasteiger partial charge on any atom is -0.211 e. The van der Waals surface area contributed by atoms with Gasteiger partial charge in [0.25, 0.3) is 5.79 Å². The molecule has 0 aromatic carbocycles. The van der Waals surface area contributed by atoms with Crippen molar-refractivity contribution < 1.29 is 14.4 Å². The van der Waals surface area contributed by atoms with E-state index in [1.54, 1.807) is 0 Å². The van der Waals surface area contributed by atoms with Gasteiger partial charge in [0.1, 0.15) is 0 Å². The van der Waals surface area contributed by atoms with E-state index in [2.05, 4.69) is 15.0 Å². The van der Waals surface area contributed by atoms with Crippen LogP contribution in [0.4, 0.5) is 0 Å². The molecule has 0 aliphatic heterocycles. The summed E-state index contributed by atoms with van der Waals surface area (Å²) in [6.45, 7) is 1.98. The van der Waals surface area contributed by atoms with Gasteiger partial charge in [0, 0.05) is 6.42 Å². The molecule has 0 amide bonds. The molecule has 6 nitrogen and oxygen atoms in total. The van der Waals surface area contributed by atoms with Gasteiger partial charge in [-0.15, -0.1) is 0 Å². The fourth-order valence-electron chi connectivity index (χ4n) is 1.07. The van der Waals surface area contributed by atoms with Gasteiger partial charge in [0.15, 0.2) is 0 Å². The van der Waals surface area contributed by atoms with Crippen LogP contribution in [0.3, 0.4) is 0 Å². The third-order valence-electron chi connectivity index (χ3n) is 1.79. The van der Waals surface area contributed by atoms with Crippen molar-refractivity contribution in [1.82, 2.24) is 0 Å². The number of rotatable bonds is 7. The molecule has 0 bridgehead atoms. The molecule has 0 N–H and O–H groups in total. The highest BCUT2D eigenvalue weighted by Crippen LogP contribution is 2.21. The maximum Gasteiger partial charge on any atom is 0.277 e. The average Bonchev–Trinajstić information content (AvgIpc) is 2.19. The monoisotopic (exact) mass is 209 g/mol. The second kappa shape index (κ2) is 7.54. The fourth-order valence-corrected chi connectivity index (χ4v) is 1.07.